The van der Waals surface area contributed by atoms with Crippen molar-refractivity contribution >= 4 is 17.0 Å². The van der Waals surface area contributed by atoms with E-state index in [9.17, 15) is 4.79 Å². The van der Waals surface area contributed by atoms with E-state index >= 15 is 0 Å². The van der Waals surface area contributed by atoms with Gasteiger partial charge in [-0.2, -0.15) is 0 Å². The second kappa shape index (κ2) is 7.32. The Balaban J connectivity index is 1.65. The molecule has 0 aromatic carbocycles. The molecule has 0 N–H and O–H groups in total. The summed E-state index contributed by atoms with van der Waals surface area (Å²) in [5.74, 6) is -0.0298. The highest BCUT2D eigenvalue weighted by Crippen LogP contribution is 2.25. The van der Waals surface area contributed by atoms with Crippen LogP contribution in [0.3, 0.4) is 0 Å². The standard InChI is InChI=1S/C19H25N3O4/c1-12-9-16(17-13(2)21-26-18(17)20-12)19(23)22(10-14-5-3-7-24-14)11-15-6-4-8-25-15/h9,14-15H,3-8,10-11H2,1-2H3/t14-,15-/m1/s1. The van der Waals surface area contributed by atoms with Crippen molar-refractivity contribution in [2.24, 2.45) is 0 Å². The Labute approximate surface area is 152 Å². The van der Waals surface area contributed by atoms with Crippen LogP contribution in [0.2, 0.25) is 0 Å². The topological polar surface area (TPSA) is 77.7 Å². The van der Waals surface area contributed by atoms with Crippen LogP contribution in [0.5, 0.6) is 0 Å². The van der Waals surface area contributed by atoms with Crippen LogP contribution >= 0.6 is 0 Å². The summed E-state index contributed by atoms with van der Waals surface area (Å²) in [5, 5.41) is 4.69. The molecule has 4 rings (SSSR count). The van der Waals surface area contributed by atoms with Gasteiger partial charge in [-0.15, -0.1) is 0 Å². The molecular formula is C19H25N3O4. The minimum Gasteiger partial charge on any atom is -0.376 e. The summed E-state index contributed by atoms with van der Waals surface area (Å²) in [5.41, 5.74) is 2.44. The second-order valence-corrected chi connectivity index (χ2v) is 7.24. The van der Waals surface area contributed by atoms with Crippen molar-refractivity contribution in [3.63, 3.8) is 0 Å². The minimum atomic E-state index is -0.0298. The predicted molar refractivity (Wildman–Crippen MR) is 95.1 cm³/mol. The van der Waals surface area contributed by atoms with Gasteiger partial charge in [0.15, 0.2) is 0 Å². The maximum Gasteiger partial charge on any atom is 0.258 e. The number of aryl methyl sites for hydroxylation is 2. The van der Waals surface area contributed by atoms with Gasteiger partial charge in [-0.25, -0.2) is 4.98 Å². The average Bonchev–Trinajstić information content (AvgIpc) is 3.36. The SMILES string of the molecule is Cc1cc(C(=O)N(C[C@H]2CCCO2)C[C@H]2CCCO2)c2c(C)noc2n1. The molecule has 0 unspecified atom stereocenters. The van der Waals surface area contributed by atoms with Crippen molar-refractivity contribution < 1.29 is 18.8 Å². The summed E-state index contributed by atoms with van der Waals surface area (Å²) >= 11 is 0. The van der Waals surface area contributed by atoms with E-state index in [1.54, 1.807) is 0 Å². The Hall–Kier alpha value is -1.99. The molecule has 2 aliphatic heterocycles. The van der Waals surface area contributed by atoms with E-state index in [0.717, 1.165) is 44.6 Å². The molecule has 2 aromatic rings. The van der Waals surface area contributed by atoms with Crippen molar-refractivity contribution in [2.45, 2.75) is 51.7 Å². The molecular weight excluding hydrogens is 334 g/mol. The van der Waals surface area contributed by atoms with Crippen LogP contribution in [0.25, 0.3) is 11.1 Å². The maximum absolute atomic E-state index is 13.5. The normalized spacial score (nSPS) is 23.0. The fourth-order valence-electron chi connectivity index (χ4n) is 3.87. The number of ether oxygens (including phenoxy) is 2. The smallest absolute Gasteiger partial charge is 0.258 e. The lowest BCUT2D eigenvalue weighted by atomic mass is 10.1. The van der Waals surface area contributed by atoms with Gasteiger partial charge in [0.25, 0.3) is 11.6 Å². The molecule has 0 saturated carbocycles. The summed E-state index contributed by atoms with van der Waals surface area (Å²) in [4.78, 5) is 19.7. The number of hydrogen-bond acceptors (Lipinski definition) is 6. The van der Waals surface area contributed by atoms with E-state index in [4.69, 9.17) is 14.0 Å². The van der Waals surface area contributed by atoms with Crippen LogP contribution in [0, 0.1) is 13.8 Å². The first-order valence-electron chi connectivity index (χ1n) is 9.38. The molecule has 140 valence electrons. The Bertz CT molecular complexity index is 773. The zero-order valence-corrected chi connectivity index (χ0v) is 15.4. The van der Waals surface area contributed by atoms with Crippen molar-refractivity contribution in [3.05, 3.63) is 23.0 Å². The summed E-state index contributed by atoms with van der Waals surface area (Å²) in [7, 11) is 0. The molecule has 26 heavy (non-hydrogen) atoms. The summed E-state index contributed by atoms with van der Waals surface area (Å²) in [6.45, 7) is 6.42. The molecule has 2 aromatic heterocycles. The van der Waals surface area contributed by atoms with Crippen LogP contribution in [0.1, 0.15) is 47.4 Å². The molecule has 7 nitrogen and oxygen atoms in total. The molecule has 2 fully saturated rings. The first-order chi connectivity index (χ1) is 12.6. The van der Waals surface area contributed by atoms with Gasteiger partial charge in [-0.3, -0.25) is 4.79 Å². The zero-order chi connectivity index (χ0) is 18.1. The third kappa shape index (κ3) is 3.46. The van der Waals surface area contributed by atoms with Gasteiger partial charge in [0.05, 0.1) is 28.9 Å². The average molecular weight is 359 g/mol. The van der Waals surface area contributed by atoms with Gasteiger partial charge in [0.1, 0.15) is 0 Å². The summed E-state index contributed by atoms with van der Waals surface area (Å²) < 4.78 is 16.8. The Kier molecular flexibility index (Phi) is 4.91. The molecule has 1 amide bonds. The van der Waals surface area contributed by atoms with E-state index < -0.39 is 0 Å². The van der Waals surface area contributed by atoms with E-state index in [0.29, 0.717) is 35.4 Å². The Morgan fingerprint density at radius 3 is 2.38 bits per heavy atom. The zero-order valence-electron chi connectivity index (χ0n) is 15.4. The monoisotopic (exact) mass is 359 g/mol. The summed E-state index contributed by atoms with van der Waals surface area (Å²) in [6.07, 6.45) is 4.29. The summed E-state index contributed by atoms with van der Waals surface area (Å²) in [6, 6.07) is 1.83. The van der Waals surface area contributed by atoms with Gasteiger partial charge in [-0.1, -0.05) is 5.16 Å². The first kappa shape index (κ1) is 17.4. The van der Waals surface area contributed by atoms with Gasteiger partial charge < -0.3 is 18.9 Å². The van der Waals surface area contributed by atoms with Crippen molar-refractivity contribution in [2.75, 3.05) is 26.3 Å². The predicted octanol–water partition coefficient (Wildman–Crippen LogP) is 2.64. The molecule has 2 saturated heterocycles. The number of carbonyl (C=O) groups is 1. The number of pyridine rings is 1. The van der Waals surface area contributed by atoms with Crippen LogP contribution < -0.4 is 0 Å². The van der Waals surface area contributed by atoms with E-state index in [2.05, 4.69) is 10.1 Å². The third-order valence-corrected chi connectivity index (χ3v) is 5.16. The molecule has 0 bridgehead atoms. The van der Waals surface area contributed by atoms with Crippen molar-refractivity contribution in [3.8, 4) is 0 Å². The van der Waals surface area contributed by atoms with Crippen LogP contribution in [0.15, 0.2) is 10.6 Å². The van der Waals surface area contributed by atoms with Crippen LogP contribution in [0.4, 0.5) is 0 Å². The Morgan fingerprint density at radius 2 is 1.81 bits per heavy atom. The number of nitrogens with zero attached hydrogens (tertiary/aromatic N) is 3. The molecule has 4 heterocycles. The van der Waals surface area contributed by atoms with E-state index in [1.807, 2.05) is 24.8 Å². The Morgan fingerprint density at radius 1 is 1.15 bits per heavy atom. The minimum absolute atomic E-state index is 0.0298. The number of hydrogen-bond donors (Lipinski definition) is 0. The van der Waals surface area contributed by atoms with Gasteiger partial charge in [0, 0.05) is 32.0 Å². The highest BCUT2D eigenvalue weighted by molar-refractivity contribution is 6.06. The molecule has 2 atom stereocenters. The van der Waals surface area contributed by atoms with Gasteiger partial charge in [0.2, 0.25) is 0 Å². The number of aromatic nitrogens is 2. The lowest BCUT2D eigenvalue weighted by molar-refractivity contribution is 0.0308. The molecule has 0 radical (unpaired) electrons. The maximum atomic E-state index is 13.5. The number of fused-ring (bicyclic) bond motifs is 1. The lowest BCUT2D eigenvalue weighted by Crippen LogP contribution is -2.42. The molecule has 0 aliphatic carbocycles. The lowest BCUT2D eigenvalue weighted by Gasteiger charge is -2.28. The van der Waals surface area contributed by atoms with Crippen molar-refractivity contribution in [1.29, 1.82) is 0 Å². The highest BCUT2D eigenvalue weighted by Gasteiger charge is 2.29. The first-order valence-corrected chi connectivity index (χ1v) is 9.38. The quantitative estimate of drug-likeness (QED) is 0.817. The van der Waals surface area contributed by atoms with Gasteiger partial charge >= 0.3 is 0 Å². The van der Waals surface area contributed by atoms with E-state index in [-0.39, 0.29) is 18.1 Å². The fourth-order valence-corrected chi connectivity index (χ4v) is 3.87. The van der Waals surface area contributed by atoms with Gasteiger partial charge in [-0.05, 0) is 45.6 Å². The largest absolute Gasteiger partial charge is 0.376 e. The van der Waals surface area contributed by atoms with Crippen molar-refractivity contribution in [1.82, 2.24) is 15.0 Å². The molecule has 0 spiro atoms. The number of rotatable bonds is 5. The number of amides is 1. The molecule has 2 aliphatic rings. The van der Waals surface area contributed by atoms with Crippen LogP contribution in [-0.2, 0) is 9.47 Å². The fraction of sp³-hybridized carbons (Fsp3) is 0.632. The third-order valence-electron chi connectivity index (χ3n) is 5.16. The van der Waals surface area contributed by atoms with E-state index in [1.165, 1.54) is 0 Å². The highest BCUT2D eigenvalue weighted by atomic mass is 16.5. The number of carbonyl (C=O) groups excluding carboxylic acids is 1. The molecule has 7 heteroatoms. The van der Waals surface area contributed by atoms with Crippen LogP contribution in [-0.4, -0.2) is 59.5 Å². The second-order valence-electron chi connectivity index (χ2n) is 7.24.